The van der Waals surface area contributed by atoms with Gasteiger partial charge in [0, 0.05) is 9.86 Å². The Balaban J connectivity index is 1.75. The number of halogens is 2. The first-order valence-corrected chi connectivity index (χ1v) is 10.2. The first-order chi connectivity index (χ1) is 13.9. The van der Waals surface area contributed by atoms with Crippen LogP contribution in [0.5, 0.6) is 11.5 Å². The number of rotatable bonds is 7. The Bertz CT molecular complexity index is 1060. The maximum Gasteiger partial charge on any atom is 0.307 e. The summed E-state index contributed by atoms with van der Waals surface area (Å²) < 4.78 is 17.8. The van der Waals surface area contributed by atoms with E-state index in [4.69, 9.17) is 25.5 Å². The molecule has 1 N–H and O–H groups in total. The maximum atomic E-state index is 12.3. The van der Waals surface area contributed by atoms with E-state index in [2.05, 4.69) is 26.5 Å². The van der Waals surface area contributed by atoms with Crippen molar-refractivity contribution in [3.8, 4) is 11.5 Å². The summed E-state index contributed by atoms with van der Waals surface area (Å²) >= 11 is 9.73. The Hall–Kier alpha value is -2.51. The fourth-order valence-electron chi connectivity index (χ4n) is 2.62. The lowest BCUT2D eigenvalue weighted by Crippen LogP contribution is -2.16. The van der Waals surface area contributed by atoms with E-state index in [1.165, 1.54) is 6.21 Å². The normalized spacial score (nSPS) is 11.4. The fraction of sp³-hybridized carbons (Fsp3) is 0.238. The molecule has 3 aromatic rings. The number of hydrogen-bond donors (Lipinski definition) is 1. The van der Waals surface area contributed by atoms with Crippen LogP contribution in [0.25, 0.3) is 11.0 Å². The van der Waals surface area contributed by atoms with E-state index in [-0.39, 0.29) is 11.9 Å². The van der Waals surface area contributed by atoms with E-state index in [9.17, 15) is 4.79 Å². The van der Waals surface area contributed by atoms with Crippen LogP contribution >= 0.6 is 27.5 Å². The summed E-state index contributed by atoms with van der Waals surface area (Å²) in [5.41, 5.74) is 3.73. The number of hydrogen-bond acceptors (Lipinski definition) is 5. The second-order valence-electron chi connectivity index (χ2n) is 6.42. The summed E-state index contributed by atoms with van der Waals surface area (Å²) in [4.78, 5) is 12.3. The summed E-state index contributed by atoms with van der Waals surface area (Å²) in [7, 11) is 0. The maximum absolute atomic E-state index is 12.3. The van der Waals surface area contributed by atoms with Gasteiger partial charge in [0.1, 0.15) is 5.58 Å². The Morgan fingerprint density at radius 3 is 2.83 bits per heavy atom. The van der Waals surface area contributed by atoms with Gasteiger partial charge in [-0.3, -0.25) is 4.79 Å². The third-order valence-electron chi connectivity index (χ3n) is 3.77. The van der Waals surface area contributed by atoms with Gasteiger partial charge < -0.3 is 13.9 Å². The van der Waals surface area contributed by atoms with E-state index in [1.54, 1.807) is 24.3 Å². The van der Waals surface area contributed by atoms with Crippen LogP contribution in [0.15, 0.2) is 50.4 Å². The summed E-state index contributed by atoms with van der Waals surface area (Å²) in [6, 6.07) is 10.6. The van der Waals surface area contributed by atoms with Crippen molar-refractivity contribution in [3.05, 3.63) is 57.2 Å². The van der Waals surface area contributed by atoms with Crippen LogP contribution in [0.4, 0.5) is 0 Å². The van der Waals surface area contributed by atoms with Gasteiger partial charge in [-0.2, -0.15) is 5.10 Å². The molecule has 3 rings (SSSR count). The minimum atomic E-state index is -0.454. The molecular formula is C21H20BrClN2O4. The average molecular weight is 480 g/mol. The van der Waals surface area contributed by atoms with Crippen molar-refractivity contribution < 1.29 is 18.7 Å². The van der Waals surface area contributed by atoms with Crippen molar-refractivity contribution in [2.75, 3.05) is 6.61 Å². The molecular weight excluding hydrogens is 460 g/mol. The quantitative estimate of drug-likeness (QED) is 0.343. The van der Waals surface area contributed by atoms with Crippen LogP contribution in [0.2, 0.25) is 5.02 Å². The number of ether oxygens (including phenoxy) is 2. The number of carbonyl (C=O) groups excluding carboxylic acids is 1. The number of fused-ring (bicyclic) bond motifs is 1. The van der Waals surface area contributed by atoms with Gasteiger partial charge in [-0.15, -0.1) is 0 Å². The van der Waals surface area contributed by atoms with Gasteiger partial charge in [0.25, 0.3) is 0 Å². The minimum Gasteiger partial charge on any atom is -0.490 e. The Kier molecular flexibility index (Phi) is 6.82. The lowest BCUT2D eigenvalue weighted by molar-refractivity contribution is 0.0929. The lowest BCUT2D eigenvalue weighted by atomic mass is 10.2. The van der Waals surface area contributed by atoms with Crippen molar-refractivity contribution >= 4 is 50.6 Å². The van der Waals surface area contributed by atoms with Crippen LogP contribution in [-0.2, 0) is 0 Å². The highest BCUT2D eigenvalue weighted by Gasteiger charge is 2.14. The lowest BCUT2D eigenvalue weighted by Gasteiger charge is -2.16. The van der Waals surface area contributed by atoms with E-state index >= 15 is 0 Å². The van der Waals surface area contributed by atoms with Gasteiger partial charge in [-0.25, -0.2) is 5.43 Å². The second kappa shape index (κ2) is 9.33. The van der Waals surface area contributed by atoms with E-state index in [1.807, 2.05) is 32.9 Å². The minimum absolute atomic E-state index is 0.0463. The summed E-state index contributed by atoms with van der Waals surface area (Å²) in [5.74, 6) is 0.718. The molecule has 0 atom stereocenters. The molecule has 0 aliphatic heterocycles. The zero-order valence-electron chi connectivity index (χ0n) is 16.2. The third kappa shape index (κ3) is 5.31. The topological polar surface area (TPSA) is 73.1 Å². The molecule has 0 saturated heterocycles. The van der Waals surface area contributed by atoms with Crippen LogP contribution in [0, 0.1) is 0 Å². The van der Waals surface area contributed by atoms with Crippen molar-refractivity contribution in [3.63, 3.8) is 0 Å². The van der Waals surface area contributed by atoms with Crippen LogP contribution in [-0.4, -0.2) is 24.8 Å². The Morgan fingerprint density at radius 2 is 2.10 bits per heavy atom. The van der Waals surface area contributed by atoms with Crippen molar-refractivity contribution in [2.45, 2.75) is 26.9 Å². The van der Waals surface area contributed by atoms with E-state index < -0.39 is 5.91 Å². The molecule has 0 aliphatic rings. The summed E-state index contributed by atoms with van der Waals surface area (Å²) in [6.45, 7) is 6.16. The predicted molar refractivity (Wildman–Crippen MR) is 117 cm³/mol. The predicted octanol–water partition coefficient (Wildman–Crippen LogP) is 5.80. The molecule has 0 bridgehead atoms. The van der Waals surface area contributed by atoms with E-state index in [0.717, 1.165) is 9.86 Å². The van der Waals surface area contributed by atoms with Gasteiger partial charge in [0.2, 0.25) is 0 Å². The second-order valence-corrected chi connectivity index (χ2v) is 7.74. The molecule has 1 aromatic heterocycles. The third-order valence-corrected chi connectivity index (χ3v) is 4.54. The van der Waals surface area contributed by atoms with Gasteiger partial charge in [0.15, 0.2) is 17.3 Å². The fourth-order valence-corrected chi connectivity index (χ4v) is 3.26. The van der Waals surface area contributed by atoms with Crippen molar-refractivity contribution in [2.24, 2.45) is 5.10 Å². The molecule has 6 nitrogen and oxygen atoms in total. The zero-order chi connectivity index (χ0) is 21.0. The monoisotopic (exact) mass is 478 g/mol. The molecule has 1 heterocycles. The molecule has 0 spiro atoms. The summed E-state index contributed by atoms with van der Waals surface area (Å²) in [6.07, 6.45) is 1.43. The van der Waals surface area contributed by atoms with Crippen LogP contribution in [0.3, 0.4) is 0 Å². The van der Waals surface area contributed by atoms with E-state index in [0.29, 0.717) is 34.3 Å². The highest BCUT2D eigenvalue weighted by atomic mass is 79.9. The average Bonchev–Trinajstić information content (AvgIpc) is 3.07. The number of nitrogens with one attached hydrogen (secondary N) is 1. The number of furan rings is 1. The van der Waals surface area contributed by atoms with Crippen molar-refractivity contribution in [1.82, 2.24) is 5.43 Å². The number of benzene rings is 2. The van der Waals surface area contributed by atoms with Crippen LogP contribution < -0.4 is 14.9 Å². The number of nitrogens with zero attached hydrogens (tertiary/aromatic N) is 1. The number of amides is 1. The summed E-state index contributed by atoms with van der Waals surface area (Å²) in [5, 5.41) is 5.21. The first-order valence-electron chi connectivity index (χ1n) is 9.03. The van der Waals surface area contributed by atoms with Crippen LogP contribution in [0.1, 0.15) is 36.9 Å². The smallest absolute Gasteiger partial charge is 0.307 e. The SMILES string of the molecule is CCOc1cc(/C=N/NC(=O)c2cc3cc(Br)ccc3o2)cc(Cl)c1OC(C)C. The molecule has 29 heavy (non-hydrogen) atoms. The molecule has 0 saturated carbocycles. The Labute approximate surface area is 181 Å². The molecule has 2 aromatic carbocycles. The molecule has 0 radical (unpaired) electrons. The van der Waals surface area contributed by atoms with Gasteiger partial charge >= 0.3 is 5.91 Å². The highest BCUT2D eigenvalue weighted by molar-refractivity contribution is 9.10. The number of carbonyl (C=O) groups is 1. The molecule has 8 heteroatoms. The molecule has 0 aliphatic carbocycles. The van der Waals surface area contributed by atoms with Gasteiger partial charge in [-0.05, 0) is 62.7 Å². The highest BCUT2D eigenvalue weighted by Crippen LogP contribution is 2.37. The molecule has 1 amide bonds. The largest absolute Gasteiger partial charge is 0.490 e. The van der Waals surface area contributed by atoms with Gasteiger partial charge in [0.05, 0.1) is 23.9 Å². The van der Waals surface area contributed by atoms with Crippen molar-refractivity contribution in [1.29, 1.82) is 0 Å². The number of hydrazone groups is 1. The molecule has 0 fully saturated rings. The molecule has 0 unspecified atom stereocenters. The Morgan fingerprint density at radius 1 is 1.31 bits per heavy atom. The molecule has 152 valence electrons. The zero-order valence-corrected chi connectivity index (χ0v) is 18.5. The standard InChI is InChI=1S/C21H20BrClN2O4/c1-4-27-18-8-13(7-16(23)20(18)28-12(2)3)11-24-25-21(26)19-10-14-9-15(22)5-6-17(14)29-19/h5-12H,4H2,1-3H3,(H,25,26)/b24-11+. The first kappa shape index (κ1) is 21.2. The van der Waals surface area contributed by atoms with Gasteiger partial charge in [-0.1, -0.05) is 27.5 Å².